The summed E-state index contributed by atoms with van der Waals surface area (Å²) in [6, 6.07) is 17.0. The summed E-state index contributed by atoms with van der Waals surface area (Å²) in [5.74, 6) is 0.659. The lowest BCUT2D eigenvalue weighted by atomic mass is 10.2. The summed E-state index contributed by atoms with van der Waals surface area (Å²) in [5.41, 5.74) is 3.02. The maximum atomic E-state index is 12.7. The molecule has 0 radical (unpaired) electrons. The van der Waals surface area contributed by atoms with Crippen LogP contribution in [0.15, 0.2) is 71.7 Å². The van der Waals surface area contributed by atoms with Crippen LogP contribution in [0, 0.1) is 5.41 Å². The van der Waals surface area contributed by atoms with Crippen molar-refractivity contribution in [2.24, 2.45) is 0 Å². The zero-order valence-corrected chi connectivity index (χ0v) is 19.0. The summed E-state index contributed by atoms with van der Waals surface area (Å²) in [4.78, 5) is 15.1. The molecule has 34 heavy (non-hydrogen) atoms. The highest BCUT2D eigenvalue weighted by atomic mass is 16.5. The molecular formula is C26H27N5O3. The third-order valence-electron chi connectivity index (χ3n) is 6.18. The lowest BCUT2D eigenvalue weighted by Gasteiger charge is -2.34. The van der Waals surface area contributed by atoms with Crippen molar-refractivity contribution in [1.82, 2.24) is 9.78 Å². The van der Waals surface area contributed by atoms with Gasteiger partial charge in [0, 0.05) is 49.0 Å². The second-order valence-electron chi connectivity index (χ2n) is 8.43. The van der Waals surface area contributed by atoms with E-state index < -0.39 is 0 Å². The molecule has 8 nitrogen and oxygen atoms in total. The van der Waals surface area contributed by atoms with Crippen LogP contribution in [0.2, 0.25) is 0 Å². The average Bonchev–Trinajstić information content (AvgIpc) is 3.21. The number of methoxy groups -OCH3 is 1. The van der Waals surface area contributed by atoms with E-state index in [1.807, 2.05) is 42.5 Å². The Hall–Kier alpha value is -3.91. The fourth-order valence-corrected chi connectivity index (χ4v) is 4.55. The van der Waals surface area contributed by atoms with Gasteiger partial charge in [-0.25, -0.2) is 4.68 Å². The van der Waals surface area contributed by atoms with Crippen molar-refractivity contribution in [1.29, 1.82) is 5.41 Å². The molecule has 8 heteroatoms. The van der Waals surface area contributed by atoms with Crippen LogP contribution in [0.25, 0.3) is 11.4 Å². The quantitative estimate of drug-likeness (QED) is 0.526. The summed E-state index contributed by atoms with van der Waals surface area (Å²) in [6.45, 7) is 1.75. The summed E-state index contributed by atoms with van der Waals surface area (Å²) < 4.78 is 13.3. The van der Waals surface area contributed by atoms with Gasteiger partial charge in [-0.2, -0.15) is 5.10 Å². The Morgan fingerprint density at radius 1 is 1.15 bits per heavy atom. The van der Waals surface area contributed by atoms with E-state index in [2.05, 4.69) is 21.4 Å². The zero-order chi connectivity index (χ0) is 23.5. The van der Waals surface area contributed by atoms with Crippen molar-refractivity contribution in [2.75, 3.05) is 30.4 Å². The fourth-order valence-electron chi connectivity index (χ4n) is 4.55. The second-order valence-corrected chi connectivity index (χ2v) is 8.43. The van der Waals surface area contributed by atoms with Gasteiger partial charge in [0.2, 0.25) is 5.43 Å². The number of hydrogen-bond acceptors (Lipinski definition) is 7. The molecule has 0 saturated carbocycles. The number of ether oxygens (including phenoxy) is 2. The van der Waals surface area contributed by atoms with E-state index in [0.717, 1.165) is 49.2 Å². The minimum atomic E-state index is -0.243. The zero-order valence-electron chi connectivity index (χ0n) is 19.0. The van der Waals surface area contributed by atoms with Crippen LogP contribution in [0.3, 0.4) is 0 Å². The molecule has 2 atom stereocenters. The SMILES string of the molecule is COc1cc(N2CC3CCC(C2)O3)ccc1-n1ccc(=O)c(/C(=C/C=N)Nc2ccccc2)n1. The third kappa shape index (κ3) is 4.45. The number of rotatable bonds is 7. The first-order chi connectivity index (χ1) is 16.6. The van der Waals surface area contributed by atoms with Crippen LogP contribution in [0.1, 0.15) is 18.5 Å². The average molecular weight is 458 g/mol. The first-order valence-electron chi connectivity index (χ1n) is 11.4. The maximum Gasteiger partial charge on any atom is 0.209 e. The Morgan fingerprint density at radius 2 is 1.91 bits per heavy atom. The number of allylic oxidation sites excluding steroid dienone is 1. The monoisotopic (exact) mass is 457 g/mol. The van der Waals surface area contributed by atoms with Gasteiger partial charge < -0.3 is 25.1 Å². The lowest BCUT2D eigenvalue weighted by Crippen LogP contribution is -2.42. The predicted molar refractivity (Wildman–Crippen MR) is 133 cm³/mol. The highest BCUT2D eigenvalue weighted by Gasteiger charge is 2.34. The van der Waals surface area contributed by atoms with E-state index in [4.69, 9.17) is 14.9 Å². The summed E-state index contributed by atoms with van der Waals surface area (Å²) in [7, 11) is 1.63. The molecule has 174 valence electrons. The molecule has 3 heterocycles. The standard InChI is InChI=1S/C26H27N5O3/c1-33-25-15-19(30-16-20-8-9-21(17-30)34-20)7-10-23(25)31-14-12-24(32)26(29-31)22(11-13-27)28-18-5-3-2-4-6-18/h2-7,10-15,20-21,27-28H,8-9,16-17H2,1H3/b22-11-,27-13?. The molecular weight excluding hydrogens is 430 g/mol. The smallest absolute Gasteiger partial charge is 0.209 e. The van der Waals surface area contributed by atoms with Crippen molar-refractivity contribution >= 4 is 23.3 Å². The van der Waals surface area contributed by atoms with E-state index >= 15 is 0 Å². The van der Waals surface area contributed by atoms with E-state index in [9.17, 15) is 4.79 Å². The number of aromatic nitrogens is 2. The molecule has 0 amide bonds. The molecule has 3 aromatic rings. The van der Waals surface area contributed by atoms with Crippen molar-refractivity contribution < 1.29 is 9.47 Å². The van der Waals surface area contributed by atoms with Gasteiger partial charge in [-0.15, -0.1) is 0 Å². The van der Waals surface area contributed by atoms with Gasteiger partial charge in [0.1, 0.15) is 11.4 Å². The highest BCUT2D eigenvalue weighted by molar-refractivity contribution is 5.86. The molecule has 2 aromatic carbocycles. The number of nitrogens with zero attached hydrogens (tertiary/aromatic N) is 3. The minimum absolute atomic E-state index is 0.214. The molecule has 2 N–H and O–H groups in total. The van der Waals surface area contributed by atoms with Gasteiger partial charge in [0.25, 0.3) is 0 Å². The van der Waals surface area contributed by atoms with Gasteiger partial charge in [0.05, 0.1) is 25.0 Å². The van der Waals surface area contributed by atoms with Crippen LogP contribution in [-0.4, -0.2) is 48.4 Å². The Balaban J connectivity index is 1.48. The van der Waals surface area contributed by atoms with Crippen LogP contribution < -0.4 is 20.4 Å². The maximum absolute atomic E-state index is 12.7. The van der Waals surface area contributed by atoms with Crippen molar-refractivity contribution in [3.8, 4) is 11.4 Å². The normalized spacial score (nSPS) is 19.7. The van der Waals surface area contributed by atoms with Gasteiger partial charge in [-0.05, 0) is 43.2 Å². The molecule has 2 fully saturated rings. The number of nitrogens with one attached hydrogen (secondary N) is 2. The molecule has 2 aliphatic rings. The molecule has 2 unspecified atom stereocenters. The molecule has 0 spiro atoms. The van der Waals surface area contributed by atoms with Gasteiger partial charge in [-0.1, -0.05) is 18.2 Å². The fraction of sp³-hybridized carbons (Fsp3) is 0.269. The van der Waals surface area contributed by atoms with Crippen LogP contribution >= 0.6 is 0 Å². The van der Waals surface area contributed by atoms with E-state index in [-0.39, 0.29) is 11.1 Å². The number of hydrogen-bond donors (Lipinski definition) is 2. The summed E-state index contributed by atoms with van der Waals surface area (Å²) in [6.07, 6.45) is 7.10. The van der Waals surface area contributed by atoms with Gasteiger partial charge >= 0.3 is 0 Å². The molecule has 1 aromatic heterocycles. The molecule has 2 saturated heterocycles. The summed E-state index contributed by atoms with van der Waals surface area (Å²) >= 11 is 0. The first kappa shape index (κ1) is 21.9. The molecule has 2 aliphatic heterocycles. The Bertz CT molecular complexity index is 1260. The Labute approximate surface area is 197 Å². The Morgan fingerprint density at radius 3 is 2.62 bits per heavy atom. The van der Waals surface area contributed by atoms with E-state index in [1.54, 1.807) is 18.0 Å². The van der Waals surface area contributed by atoms with Crippen molar-refractivity contribution in [2.45, 2.75) is 25.0 Å². The molecule has 5 rings (SSSR count). The summed E-state index contributed by atoms with van der Waals surface area (Å²) in [5, 5.41) is 15.3. The predicted octanol–water partition coefficient (Wildman–Crippen LogP) is 3.71. The van der Waals surface area contributed by atoms with Gasteiger partial charge in [0.15, 0.2) is 5.69 Å². The van der Waals surface area contributed by atoms with Crippen LogP contribution in [-0.2, 0) is 4.74 Å². The van der Waals surface area contributed by atoms with E-state index in [0.29, 0.717) is 23.7 Å². The highest BCUT2D eigenvalue weighted by Crippen LogP contribution is 2.33. The van der Waals surface area contributed by atoms with Crippen molar-refractivity contribution in [3.05, 3.63) is 82.8 Å². The van der Waals surface area contributed by atoms with Crippen LogP contribution in [0.5, 0.6) is 5.75 Å². The number of benzene rings is 2. The number of para-hydroxylation sites is 1. The van der Waals surface area contributed by atoms with E-state index in [1.165, 1.54) is 12.1 Å². The van der Waals surface area contributed by atoms with Crippen LogP contribution in [0.4, 0.5) is 11.4 Å². The third-order valence-corrected chi connectivity index (χ3v) is 6.18. The Kier molecular flexibility index (Phi) is 6.14. The number of anilines is 2. The molecule has 0 aliphatic carbocycles. The second kappa shape index (κ2) is 9.52. The van der Waals surface area contributed by atoms with Crippen molar-refractivity contribution in [3.63, 3.8) is 0 Å². The largest absolute Gasteiger partial charge is 0.494 e. The lowest BCUT2D eigenvalue weighted by molar-refractivity contribution is 0.0305. The van der Waals surface area contributed by atoms with Gasteiger partial charge in [-0.3, -0.25) is 4.79 Å². The minimum Gasteiger partial charge on any atom is -0.494 e. The number of fused-ring (bicyclic) bond motifs is 2. The number of morpholine rings is 1. The topological polar surface area (TPSA) is 92.5 Å². The molecule has 2 bridgehead atoms. The first-order valence-corrected chi connectivity index (χ1v) is 11.4.